The zero-order chi connectivity index (χ0) is 12.7. The fourth-order valence-corrected chi connectivity index (χ4v) is 1.86. The quantitative estimate of drug-likeness (QED) is 0.736. The van der Waals surface area contributed by atoms with Crippen molar-refractivity contribution in [2.75, 3.05) is 26.3 Å². The fraction of sp³-hybridized carbons (Fsp3) is 0.769. The Kier molecular flexibility index (Phi) is 6.22. The molecule has 17 heavy (non-hydrogen) atoms. The Bertz CT molecular complexity index is 257. The van der Waals surface area contributed by atoms with Crippen molar-refractivity contribution in [1.82, 2.24) is 4.90 Å². The van der Waals surface area contributed by atoms with E-state index in [1.807, 2.05) is 0 Å². The van der Waals surface area contributed by atoms with Crippen LogP contribution in [-0.2, 0) is 9.53 Å². The van der Waals surface area contributed by atoms with Gasteiger partial charge in [-0.25, -0.2) is 0 Å². The molecule has 0 radical (unpaired) electrons. The van der Waals surface area contributed by atoms with Gasteiger partial charge in [-0.1, -0.05) is 19.9 Å². The van der Waals surface area contributed by atoms with Crippen LogP contribution in [0.15, 0.2) is 12.2 Å². The molecular weight excluding hydrogens is 218 g/mol. The number of hydrogen-bond acceptors (Lipinski definition) is 3. The summed E-state index contributed by atoms with van der Waals surface area (Å²) < 4.78 is 5.18. The molecule has 0 unspecified atom stereocenters. The zero-order valence-corrected chi connectivity index (χ0v) is 10.8. The van der Waals surface area contributed by atoms with Gasteiger partial charge >= 0.3 is 0 Å². The SMILES string of the molecule is CC(C)C[C@H](O)C/C=C/C(=O)N1CCOCC1. The predicted molar refractivity (Wildman–Crippen MR) is 66.6 cm³/mol. The van der Waals surface area contributed by atoms with Crippen molar-refractivity contribution < 1.29 is 14.6 Å². The molecule has 98 valence electrons. The Labute approximate surface area is 103 Å². The number of ether oxygens (including phenoxy) is 1. The number of rotatable bonds is 5. The summed E-state index contributed by atoms with van der Waals surface area (Å²) in [7, 11) is 0. The lowest BCUT2D eigenvalue weighted by atomic mass is 10.0. The second-order valence-electron chi connectivity index (χ2n) is 4.86. The molecule has 0 aliphatic carbocycles. The van der Waals surface area contributed by atoms with Crippen molar-refractivity contribution in [3.8, 4) is 0 Å². The molecule has 1 N–H and O–H groups in total. The van der Waals surface area contributed by atoms with E-state index in [2.05, 4.69) is 13.8 Å². The standard InChI is InChI=1S/C13H23NO3/c1-11(2)10-12(15)4-3-5-13(16)14-6-8-17-9-7-14/h3,5,11-12,15H,4,6-10H2,1-2H3/b5-3+/t12-/m1/s1. The van der Waals surface area contributed by atoms with Gasteiger partial charge < -0.3 is 14.7 Å². The molecule has 1 heterocycles. The van der Waals surface area contributed by atoms with Gasteiger partial charge in [0.1, 0.15) is 0 Å². The molecule has 1 aliphatic rings. The van der Waals surface area contributed by atoms with Gasteiger partial charge in [0.2, 0.25) is 5.91 Å². The van der Waals surface area contributed by atoms with Crippen LogP contribution in [-0.4, -0.2) is 48.3 Å². The fourth-order valence-electron chi connectivity index (χ4n) is 1.86. The number of carbonyl (C=O) groups excluding carboxylic acids is 1. The molecule has 0 aromatic heterocycles. The van der Waals surface area contributed by atoms with Crippen LogP contribution in [0.3, 0.4) is 0 Å². The second kappa shape index (κ2) is 7.45. The van der Waals surface area contributed by atoms with Gasteiger partial charge in [0.05, 0.1) is 19.3 Å². The van der Waals surface area contributed by atoms with Crippen molar-refractivity contribution in [3.05, 3.63) is 12.2 Å². The minimum absolute atomic E-state index is 0.0186. The van der Waals surface area contributed by atoms with Crippen LogP contribution >= 0.6 is 0 Å². The van der Waals surface area contributed by atoms with Crippen molar-refractivity contribution >= 4 is 5.91 Å². The van der Waals surface area contributed by atoms with Crippen LogP contribution in [0, 0.1) is 5.92 Å². The monoisotopic (exact) mass is 241 g/mol. The highest BCUT2D eigenvalue weighted by atomic mass is 16.5. The van der Waals surface area contributed by atoms with Gasteiger partial charge in [-0.3, -0.25) is 4.79 Å². The molecule has 1 atom stereocenters. The maximum Gasteiger partial charge on any atom is 0.246 e. The lowest BCUT2D eigenvalue weighted by molar-refractivity contribution is -0.129. The van der Waals surface area contributed by atoms with Crippen molar-refractivity contribution in [2.24, 2.45) is 5.92 Å². The summed E-state index contributed by atoms with van der Waals surface area (Å²) >= 11 is 0. The molecule has 1 aliphatic heterocycles. The third kappa shape index (κ3) is 5.84. The highest BCUT2D eigenvalue weighted by Crippen LogP contribution is 2.08. The van der Waals surface area contributed by atoms with Crippen LogP contribution in [0.2, 0.25) is 0 Å². The van der Waals surface area contributed by atoms with Crippen molar-refractivity contribution in [1.29, 1.82) is 0 Å². The smallest absolute Gasteiger partial charge is 0.246 e. The summed E-state index contributed by atoms with van der Waals surface area (Å²) in [6.45, 7) is 6.72. The Balaban J connectivity index is 2.25. The molecule has 1 fully saturated rings. The third-order valence-electron chi connectivity index (χ3n) is 2.73. The van der Waals surface area contributed by atoms with Crippen LogP contribution in [0.1, 0.15) is 26.7 Å². The van der Waals surface area contributed by atoms with E-state index < -0.39 is 0 Å². The molecule has 1 rings (SSSR count). The summed E-state index contributed by atoms with van der Waals surface area (Å²) in [5, 5.41) is 9.65. The topological polar surface area (TPSA) is 49.8 Å². The van der Waals surface area contributed by atoms with E-state index in [1.165, 1.54) is 0 Å². The lowest BCUT2D eigenvalue weighted by Gasteiger charge is -2.25. The molecule has 0 aromatic rings. The molecule has 0 spiro atoms. The van der Waals surface area contributed by atoms with Crippen LogP contribution < -0.4 is 0 Å². The first kappa shape index (κ1) is 14.2. The van der Waals surface area contributed by atoms with Crippen molar-refractivity contribution in [2.45, 2.75) is 32.8 Å². The summed E-state index contributed by atoms with van der Waals surface area (Å²) in [5.74, 6) is 0.499. The van der Waals surface area contributed by atoms with Gasteiger partial charge in [0.25, 0.3) is 0 Å². The number of aliphatic hydroxyl groups excluding tert-OH is 1. The van der Waals surface area contributed by atoms with Crippen LogP contribution in [0.5, 0.6) is 0 Å². The van der Waals surface area contributed by atoms with Gasteiger partial charge in [0.15, 0.2) is 0 Å². The minimum Gasteiger partial charge on any atom is -0.393 e. The minimum atomic E-state index is -0.344. The first-order valence-corrected chi connectivity index (χ1v) is 6.31. The zero-order valence-electron chi connectivity index (χ0n) is 10.8. The molecule has 1 amide bonds. The molecule has 0 saturated carbocycles. The average molecular weight is 241 g/mol. The molecule has 0 aromatic carbocycles. The highest BCUT2D eigenvalue weighted by molar-refractivity contribution is 5.87. The summed E-state index contributed by atoms with van der Waals surface area (Å²) in [6, 6.07) is 0. The van der Waals surface area contributed by atoms with Gasteiger partial charge in [0, 0.05) is 13.1 Å². The molecule has 4 nitrogen and oxygen atoms in total. The Morgan fingerprint density at radius 2 is 2.06 bits per heavy atom. The van der Waals surface area contributed by atoms with E-state index >= 15 is 0 Å². The number of nitrogens with zero attached hydrogens (tertiary/aromatic N) is 1. The molecule has 0 bridgehead atoms. The summed E-state index contributed by atoms with van der Waals surface area (Å²) in [4.78, 5) is 13.5. The van der Waals surface area contributed by atoms with E-state index in [0.717, 1.165) is 6.42 Å². The summed E-state index contributed by atoms with van der Waals surface area (Å²) in [5.41, 5.74) is 0. The van der Waals surface area contributed by atoms with Crippen molar-refractivity contribution in [3.63, 3.8) is 0 Å². The number of carbonyl (C=O) groups is 1. The maximum atomic E-state index is 11.7. The van der Waals surface area contributed by atoms with E-state index in [0.29, 0.717) is 38.6 Å². The van der Waals surface area contributed by atoms with Crippen LogP contribution in [0.25, 0.3) is 0 Å². The number of aliphatic hydroxyl groups is 1. The Hall–Kier alpha value is -0.870. The maximum absolute atomic E-state index is 11.7. The van der Waals surface area contributed by atoms with Gasteiger partial charge in [-0.05, 0) is 24.8 Å². The largest absolute Gasteiger partial charge is 0.393 e. The number of morpholine rings is 1. The Morgan fingerprint density at radius 1 is 1.41 bits per heavy atom. The van der Waals surface area contributed by atoms with E-state index in [-0.39, 0.29) is 12.0 Å². The number of amides is 1. The Morgan fingerprint density at radius 3 is 2.65 bits per heavy atom. The van der Waals surface area contributed by atoms with Gasteiger partial charge in [-0.2, -0.15) is 0 Å². The molecule has 1 saturated heterocycles. The predicted octanol–water partition coefficient (Wildman–Crippen LogP) is 1.20. The second-order valence-corrected chi connectivity index (χ2v) is 4.86. The first-order valence-electron chi connectivity index (χ1n) is 6.31. The molecule has 4 heteroatoms. The molecular formula is C13H23NO3. The van der Waals surface area contributed by atoms with E-state index in [4.69, 9.17) is 4.74 Å². The van der Waals surface area contributed by atoms with E-state index in [9.17, 15) is 9.90 Å². The highest BCUT2D eigenvalue weighted by Gasteiger charge is 2.14. The van der Waals surface area contributed by atoms with Crippen LogP contribution in [0.4, 0.5) is 0 Å². The normalized spacial score (nSPS) is 18.9. The lowest BCUT2D eigenvalue weighted by Crippen LogP contribution is -2.39. The summed E-state index contributed by atoms with van der Waals surface area (Å²) in [6.07, 6.45) is 4.31. The van der Waals surface area contributed by atoms with E-state index in [1.54, 1.807) is 17.1 Å². The van der Waals surface area contributed by atoms with Gasteiger partial charge in [-0.15, -0.1) is 0 Å². The third-order valence-corrected chi connectivity index (χ3v) is 2.73. The average Bonchev–Trinajstić information content (AvgIpc) is 2.29. The first-order chi connectivity index (χ1) is 8.09. The number of hydrogen-bond donors (Lipinski definition) is 1.